The maximum Gasteiger partial charge on any atom is 0.352 e. The van der Waals surface area contributed by atoms with Gasteiger partial charge in [0.05, 0.1) is 18.7 Å². The van der Waals surface area contributed by atoms with Crippen LogP contribution in [0, 0.1) is 11.3 Å². The van der Waals surface area contributed by atoms with Crippen molar-refractivity contribution < 1.29 is 14.6 Å². The van der Waals surface area contributed by atoms with Gasteiger partial charge in [-0.3, -0.25) is 0 Å². The number of aromatic carboxylic acids is 1. The molecule has 1 aromatic heterocycles. The minimum Gasteiger partial charge on any atom is -0.497 e. The lowest BCUT2D eigenvalue weighted by Crippen LogP contribution is -2.09. The van der Waals surface area contributed by atoms with E-state index < -0.39 is 5.97 Å². The molecule has 3 aromatic rings. The highest BCUT2D eigenvalue weighted by Gasteiger charge is 2.15. The van der Waals surface area contributed by atoms with Gasteiger partial charge in [0.1, 0.15) is 11.4 Å². The molecule has 0 unspecified atom stereocenters. The van der Waals surface area contributed by atoms with Gasteiger partial charge in [-0.05, 0) is 42.0 Å². The maximum atomic E-state index is 11.6. The molecule has 0 radical (unpaired) electrons. The molecule has 0 aliphatic rings. The van der Waals surface area contributed by atoms with E-state index in [2.05, 4.69) is 6.07 Å². The number of hydrogen-bond acceptors (Lipinski definition) is 3. The zero-order chi connectivity index (χ0) is 16.4. The molecule has 2 aromatic carbocycles. The number of methoxy groups -OCH3 is 1. The third kappa shape index (κ3) is 2.74. The molecular formula is C18H14N2O3. The van der Waals surface area contributed by atoms with E-state index in [1.165, 1.54) is 0 Å². The molecule has 1 heterocycles. The Morgan fingerprint density at radius 2 is 2.09 bits per heavy atom. The van der Waals surface area contributed by atoms with E-state index in [1.807, 2.05) is 18.2 Å². The fraction of sp³-hybridized carbons (Fsp3) is 0.111. The molecule has 0 aliphatic carbocycles. The molecule has 0 amide bonds. The summed E-state index contributed by atoms with van der Waals surface area (Å²) < 4.78 is 6.92. The van der Waals surface area contributed by atoms with Crippen LogP contribution in [0.3, 0.4) is 0 Å². The lowest BCUT2D eigenvalue weighted by atomic mass is 10.1. The zero-order valence-electron chi connectivity index (χ0n) is 12.5. The predicted molar refractivity (Wildman–Crippen MR) is 85.7 cm³/mol. The van der Waals surface area contributed by atoms with Gasteiger partial charge < -0.3 is 14.4 Å². The minimum atomic E-state index is -0.989. The number of benzene rings is 2. The van der Waals surface area contributed by atoms with E-state index in [0.717, 1.165) is 16.5 Å². The monoisotopic (exact) mass is 306 g/mol. The first kappa shape index (κ1) is 14.7. The Kier molecular flexibility index (Phi) is 3.73. The number of carboxylic acid groups (broad SMARTS) is 1. The maximum absolute atomic E-state index is 11.6. The van der Waals surface area contributed by atoms with Gasteiger partial charge in [-0.15, -0.1) is 0 Å². The molecule has 0 atom stereocenters. The SMILES string of the molecule is COc1ccc2c(c1)cc(C(=O)O)n2Cc1cccc(C#N)c1. The van der Waals surface area contributed by atoms with E-state index in [4.69, 9.17) is 10.00 Å². The highest BCUT2D eigenvalue weighted by atomic mass is 16.5. The van der Waals surface area contributed by atoms with Crippen molar-refractivity contribution >= 4 is 16.9 Å². The smallest absolute Gasteiger partial charge is 0.352 e. The lowest BCUT2D eigenvalue weighted by molar-refractivity contribution is 0.0686. The van der Waals surface area contributed by atoms with Gasteiger partial charge in [-0.1, -0.05) is 12.1 Å². The van der Waals surface area contributed by atoms with Crippen molar-refractivity contribution in [1.29, 1.82) is 5.26 Å². The summed E-state index contributed by atoms with van der Waals surface area (Å²) in [5, 5.41) is 19.3. The topological polar surface area (TPSA) is 75.2 Å². The molecule has 0 spiro atoms. The average molecular weight is 306 g/mol. The normalized spacial score (nSPS) is 10.4. The van der Waals surface area contributed by atoms with Crippen molar-refractivity contribution in [2.45, 2.75) is 6.54 Å². The summed E-state index contributed by atoms with van der Waals surface area (Å²) in [4.78, 5) is 11.6. The molecule has 0 saturated heterocycles. The summed E-state index contributed by atoms with van der Waals surface area (Å²) in [5.74, 6) is -0.310. The van der Waals surface area contributed by atoms with Crippen LogP contribution in [0.25, 0.3) is 10.9 Å². The number of carboxylic acids is 1. The van der Waals surface area contributed by atoms with Crippen LogP contribution in [0.5, 0.6) is 5.75 Å². The van der Waals surface area contributed by atoms with Crippen LogP contribution in [0.15, 0.2) is 48.5 Å². The predicted octanol–water partition coefficient (Wildman–Crippen LogP) is 3.27. The highest BCUT2D eigenvalue weighted by molar-refractivity contribution is 5.95. The zero-order valence-corrected chi connectivity index (χ0v) is 12.5. The van der Waals surface area contributed by atoms with Crippen LogP contribution in [0.2, 0.25) is 0 Å². The van der Waals surface area contributed by atoms with Crippen LogP contribution in [0.4, 0.5) is 0 Å². The van der Waals surface area contributed by atoms with Crippen molar-refractivity contribution in [1.82, 2.24) is 4.57 Å². The number of hydrogen-bond donors (Lipinski definition) is 1. The van der Waals surface area contributed by atoms with E-state index in [0.29, 0.717) is 17.9 Å². The molecule has 0 bridgehead atoms. The van der Waals surface area contributed by atoms with Crippen LogP contribution < -0.4 is 4.74 Å². The second-order valence-corrected chi connectivity index (χ2v) is 5.16. The quantitative estimate of drug-likeness (QED) is 0.802. The average Bonchev–Trinajstić information content (AvgIpc) is 2.93. The molecule has 0 fully saturated rings. The van der Waals surface area contributed by atoms with Crippen molar-refractivity contribution in [2.24, 2.45) is 0 Å². The van der Waals surface area contributed by atoms with Gasteiger partial charge in [0.2, 0.25) is 0 Å². The second-order valence-electron chi connectivity index (χ2n) is 5.16. The van der Waals surface area contributed by atoms with Gasteiger partial charge in [0.15, 0.2) is 0 Å². The van der Waals surface area contributed by atoms with Crippen LogP contribution in [-0.4, -0.2) is 22.8 Å². The number of carbonyl (C=O) groups is 1. The number of aromatic nitrogens is 1. The first-order valence-electron chi connectivity index (χ1n) is 7.02. The first-order chi connectivity index (χ1) is 11.1. The number of rotatable bonds is 4. The molecule has 5 heteroatoms. The van der Waals surface area contributed by atoms with Crippen molar-refractivity contribution in [3.05, 3.63) is 65.4 Å². The van der Waals surface area contributed by atoms with Gasteiger partial charge in [-0.25, -0.2) is 4.79 Å². The van der Waals surface area contributed by atoms with E-state index >= 15 is 0 Å². The van der Waals surface area contributed by atoms with E-state index in [-0.39, 0.29) is 5.69 Å². The van der Waals surface area contributed by atoms with Crippen LogP contribution in [0.1, 0.15) is 21.6 Å². The second kappa shape index (κ2) is 5.85. The Hall–Kier alpha value is -3.26. The Morgan fingerprint density at radius 3 is 2.78 bits per heavy atom. The molecule has 0 saturated carbocycles. The third-order valence-corrected chi connectivity index (χ3v) is 3.72. The molecule has 5 nitrogen and oxygen atoms in total. The Labute approximate surface area is 133 Å². The number of fused-ring (bicyclic) bond motifs is 1. The molecule has 23 heavy (non-hydrogen) atoms. The van der Waals surface area contributed by atoms with Crippen molar-refractivity contribution in [3.63, 3.8) is 0 Å². The van der Waals surface area contributed by atoms with Crippen molar-refractivity contribution in [3.8, 4) is 11.8 Å². The molecule has 114 valence electrons. The largest absolute Gasteiger partial charge is 0.497 e. The minimum absolute atomic E-state index is 0.204. The van der Waals surface area contributed by atoms with Gasteiger partial charge >= 0.3 is 5.97 Å². The molecular weight excluding hydrogens is 292 g/mol. The standard InChI is InChI=1S/C18H14N2O3/c1-23-15-5-6-16-14(8-15)9-17(18(21)22)20(16)11-13-4-2-3-12(7-13)10-19/h2-9H,11H2,1H3,(H,21,22). The summed E-state index contributed by atoms with van der Waals surface area (Å²) in [6, 6.07) is 16.3. The summed E-state index contributed by atoms with van der Waals surface area (Å²) >= 11 is 0. The van der Waals surface area contributed by atoms with Gasteiger partial charge in [-0.2, -0.15) is 5.26 Å². The Balaban J connectivity index is 2.12. The number of ether oxygens (including phenoxy) is 1. The lowest BCUT2D eigenvalue weighted by Gasteiger charge is -2.09. The summed E-state index contributed by atoms with van der Waals surface area (Å²) in [6.07, 6.45) is 0. The highest BCUT2D eigenvalue weighted by Crippen LogP contribution is 2.26. The third-order valence-electron chi connectivity index (χ3n) is 3.72. The first-order valence-corrected chi connectivity index (χ1v) is 7.02. The van der Waals surface area contributed by atoms with E-state index in [9.17, 15) is 9.90 Å². The van der Waals surface area contributed by atoms with Crippen molar-refractivity contribution in [2.75, 3.05) is 7.11 Å². The summed E-state index contributed by atoms with van der Waals surface area (Å²) in [7, 11) is 1.57. The molecule has 1 N–H and O–H groups in total. The van der Waals surface area contributed by atoms with Crippen LogP contribution >= 0.6 is 0 Å². The van der Waals surface area contributed by atoms with E-state index in [1.54, 1.807) is 42.0 Å². The Bertz CT molecular complexity index is 935. The number of nitrogens with zero attached hydrogens (tertiary/aromatic N) is 2. The molecule has 3 rings (SSSR count). The Morgan fingerprint density at radius 1 is 1.26 bits per heavy atom. The summed E-state index contributed by atoms with van der Waals surface area (Å²) in [6.45, 7) is 0.382. The fourth-order valence-electron chi connectivity index (χ4n) is 2.65. The number of nitriles is 1. The summed E-state index contributed by atoms with van der Waals surface area (Å²) in [5.41, 5.74) is 2.44. The van der Waals surface area contributed by atoms with Gasteiger partial charge in [0, 0.05) is 17.4 Å². The fourth-order valence-corrected chi connectivity index (χ4v) is 2.65. The molecule has 0 aliphatic heterocycles. The van der Waals surface area contributed by atoms with Crippen LogP contribution in [-0.2, 0) is 6.54 Å². The van der Waals surface area contributed by atoms with Gasteiger partial charge in [0.25, 0.3) is 0 Å².